The Kier molecular flexibility index (Phi) is 3.79. The number of benzene rings is 1. The molecule has 4 nitrogen and oxygen atoms in total. The minimum atomic E-state index is -0.385. The topological polar surface area (TPSA) is 45.5 Å². The van der Waals surface area contributed by atoms with Gasteiger partial charge in [0.15, 0.2) is 0 Å². The number of aromatic nitrogens is 1. The van der Waals surface area contributed by atoms with Crippen LogP contribution in [-0.4, -0.2) is 39.7 Å². The molecule has 1 saturated heterocycles. The minimum Gasteiger partial charge on any atom is -0.391 e. The molecule has 1 N–H and O–H groups in total. The lowest BCUT2D eigenvalue weighted by Gasteiger charge is -2.16. The van der Waals surface area contributed by atoms with Crippen LogP contribution in [0.5, 0.6) is 0 Å². The molecule has 0 aliphatic carbocycles. The van der Waals surface area contributed by atoms with E-state index >= 15 is 0 Å². The molecule has 0 unspecified atom stereocenters. The van der Waals surface area contributed by atoms with Crippen molar-refractivity contribution in [3.63, 3.8) is 0 Å². The number of nitrogens with zero attached hydrogens (tertiary/aromatic N) is 2. The highest BCUT2D eigenvalue weighted by molar-refractivity contribution is 5.96. The zero-order chi connectivity index (χ0) is 15.9. The quantitative estimate of drug-likeness (QED) is 0.926. The summed E-state index contributed by atoms with van der Waals surface area (Å²) in [7, 11) is 0. The number of rotatable bonds is 2. The molecule has 2 heterocycles. The van der Waals surface area contributed by atoms with E-state index in [4.69, 9.17) is 0 Å². The lowest BCUT2D eigenvalue weighted by molar-refractivity contribution is 0.0764. The Morgan fingerprint density at radius 1 is 1.23 bits per heavy atom. The summed E-state index contributed by atoms with van der Waals surface area (Å²) < 4.78 is 2.12. The smallest absolute Gasteiger partial charge is 0.255 e. The first kappa shape index (κ1) is 14.9. The molecule has 1 aliphatic rings. The number of hydrogen-bond donors (Lipinski definition) is 1. The fraction of sp³-hybridized carbons (Fsp3) is 0.389. The third-order valence-electron chi connectivity index (χ3n) is 4.37. The van der Waals surface area contributed by atoms with Crippen LogP contribution >= 0.6 is 0 Å². The van der Waals surface area contributed by atoms with Crippen molar-refractivity contribution in [2.75, 3.05) is 13.1 Å². The molecule has 4 heteroatoms. The SMILES string of the molecule is Cc1cccc(-n2c(C)cc(C(=O)N3CC[C@@H](O)C3)c2C)c1. The second-order valence-corrected chi connectivity index (χ2v) is 6.15. The van der Waals surface area contributed by atoms with Gasteiger partial charge in [-0.3, -0.25) is 4.79 Å². The van der Waals surface area contributed by atoms with Crippen molar-refractivity contribution in [2.45, 2.75) is 33.3 Å². The first-order chi connectivity index (χ1) is 10.5. The molecule has 1 atom stereocenters. The second kappa shape index (κ2) is 5.61. The first-order valence-corrected chi connectivity index (χ1v) is 7.70. The number of β-amino-alcohol motifs (C(OH)–C–C–N with tert-alkyl or cyclic N) is 1. The van der Waals surface area contributed by atoms with Crippen molar-refractivity contribution in [1.29, 1.82) is 0 Å². The molecule has 0 bridgehead atoms. The van der Waals surface area contributed by atoms with Gasteiger partial charge in [-0.05, 0) is 51.0 Å². The van der Waals surface area contributed by atoms with Crippen LogP contribution in [-0.2, 0) is 0 Å². The van der Waals surface area contributed by atoms with Gasteiger partial charge in [-0.2, -0.15) is 0 Å². The lowest BCUT2D eigenvalue weighted by Crippen LogP contribution is -2.29. The second-order valence-electron chi connectivity index (χ2n) is 6.15. The van der Waals surface area contributed by atoms with E-state index in [1.165, 1.54) is 5.56 Å². The van der Waals surface area contributed by atoms with Crippen LogP contribution in [0.15, 0.2) is 30.3 Å². The van der Waals surface area contributed by atoms with Gasteiger partial charge in [0.05, 0.1) is 11.7 Å². The van der Waals surface area contributed by atoms with Crippen molar-refractivity contribution in [1.82, 2.24) is 9.47 Å². The van der Waals surface area contributed by atoms with E-state index in [9.17, 15) is 9.90 Å². The normalized spacial score (nSPS) is 18.0. The van der Waals surface area contributed by atoms with Crippen molar-refractivity contribution in [2.24, 2.45) is 0 Å². The predicted octanol–water partition coefficient (Wildman–Crippen LogP) is 2.61. The third-order valence-corrected chi connectivity index (χ3v) is 4.37. The van der Waals surface area contributed by atoms with Crippen molar-refractivity contribution >= 4 is 5.91 Å². The molecule has 1 amide bonds. The van der Waals surface area contributed by atoms with E-state index in [0.717, 1.165) is 22.6 Å². The number of aliphatic hydroxyl groups excluding tert-OH is 1. The molecule has 1 fully saturated rings. The molecule has 1 aromatic carbocycles. The van der Waals surface area contributed by atoms with E-state index in [2.05, 4.69) is 29.7 Å². The van der Waals surface area contributed by atoms with Gasteiger partial charge < -0.3 is 14.6 Å². The van der Waals surface area contributed by atoms with E-state index in [0.29, 0.717) is 19.5 Å². The minimum absolute atomic E-state index is 0.0172. The predicted molar refractivity (Wildman–Crippen MR) is 86.5 cm³/mol. The van der Waals surface area contributed by atoms with Gasteiger partial charge in [-0.15, -0.1) is 0 Å². The molecular formula is C18H22N2O2. The number of hydrogen-bond acceptors (Lipinski definition) is 2. The summed E-state index contributed by atoms with van der Waals surface area (Å²) in [6.45, 7) is 7.14. The number of aliphatic hydroxyl groups is 1. The summed E-state index contributed by atoms with van der Waals surface area (Å²) in [6, 6.07) is 10.2. The zero-order valence-electron chi connectivity index (χ0n) is 13.3. The molecule has 1 aromatic heterocycles. The summed E-state index contributed by atoms with van der Waals surface area (Å²) >= 11 is 0. The maximum Gasteiger partial charge on any atom is 0.255 e. The van der Waals surface area contributed by atoms with Crippen molar-refractivity contribution in [3.8, 4) is 5.69 Å². The van der Waals surface area contributed by atoms with Gasteiger partial charge in [0.2, 0.25) is 0 Å². The van der Waals surface area contributed by atoms with Gasteiger partial charge in [0, 0.05) is 30.2 Å². The average Bonchev–Trinajstić information content (AvgIpc) is 3.02. The molecule has 0 radical (unpaired) electrons. The summed E-state index contributed by atoms with van der Waals surface area (Å²) in [5, 5.41) is 9.63. The summed E-state index contributed by atoms with van der Waals surface area (Å²) in [5.41, 5.74) is 5.00. The molecule has 0 saturated carbocycles. The van der Waals surface area contributed by atoms with Crippen LogP contribution in [0.1, 0.15) is 33.7 Å². The maximum absolute atomic E-state index is 12.7. The lowest BCUT2D eigenvalue weighted by atomic mass is 10.2. The van der Waals surface area contributed by atoms with Crippen LogP contribution in [0.2, 0.25) is 0 Å². The van der Waals surface area contributed by atoms with E-state index in [1.54, 1.807) is 4.90 Å². The van der Waals surface area contributed by atoms with Crippen LogP contribution in [0.25, 0.3) is 5.69 Å². The van der Waals surface area contributed by atoms with Gasteiger partial charge >= 0.3 is 0 Å². The standard InChI is InChI=1S/C18H22N2O2/c1-12-5-4-6-15(9-12)20-13(2)10-17(14(20)3)18(22)19-8-7-16(21)11-19/h4-6,9-10,16,21H,7-8,11H2,1-3H3/t16-/m1/s1. The number of aryl methyl sites for hydroxylation is 2. The summed E-state index contributed by atoms with van der Waals surface area (Å²) in [4.78, 5) is 14.4. The van der Waals surface area contributed by atoms with E-state index in [-0.39, 0.29) is 12.0 Å². The van der Waals surface area contributed by atoms with Gasteiger partial charge in [0.25, 0.3) is 5.91 Å². The van der Waals surface area contributed by atoms with E-state index in [1.807, 2.05) is 26.0 Å². The van der Waals surface area contributed by atoms with Crippen molar-refractivity contribution in [3.05, 3.63) is 52.8 Å². The molecular weight excluding hydrogens is 276 g/mol. The molecule has 116 valence electrons. The number of likely N-dealkylation sites (tertiary alicyclic amines) is 1. The molecule has 22 heavy (non-hydrogen) atoms. The van der Waals surface area contributed by atoms with E-state index < -0.39 is 0 Å². The largest absolute Gasteiger partial charge is 0.391 e. The summed E-state index contributed by atoms with van der Waals surface area (Å²) in [6.07, 6.45) is 0.284. The third kappa shape index (κ3) is 2.55. The molecule has 2 aromatic rings. The Balaban J connectivity index is 1.98. The highest BCUT2D eigenvalue weighted by atomic mass is 16.3. The Bertz CT molecular complexity index is 718. The van der Waals surface area contributed by atoms with Crippen LogP contribution in [0.4, 0.5) is 0 Å². The fourth-order valence-electron chi connectivity index (χ4n) is 3.24. The van der Waals surface area contributed by atoms with Gasteiger partial charge in [-0.25, -0.2) is 0 Å². The Morgan fingerprint density at radius 3 is 2.64 bits per heavy atom. The number of amides is 1. The van der Waals surface area contributed by atoms with Crippen LogP contribution < -0.4 is 0 Å². The monoisotopic (exact) mass is 298 g/mol. The fourth-order valence-corrected chi connectivity index (χ4v) is 3.24. The maximum atomic E-state index is 12.7. The highest BCUT2D eigenvalue weighted by Gasteiger charge is 2.27. The first-order valence-electron chi connectivity index (χ1n) is 7.70. The van der Waals surface area contributed by atoms with Gasteiger partial charge in [0.1, 0.15) is 0 Å². The Labute approximate surface area is 131 Å². The average molecular weight is 298 g/mol. The molecule has 3 rings (SSSR count). The summed E-state index contributed by atoms with van der Waals surface area (Å²) in [5.74, 6) is 0.0172. The van der Waals surface area contributed by atoms with Gasteiger partial charge in [-0.1, -0.05) is 12.1 Å². The Hall–Kier alpha value is -2.07. The Morgan fingerprint density at radius 2 is 2.00 bits per heavy atom. The zero-order valence-corrected chi connectivity index (χ0v) is 13.3. The highest BCUT2D eigenvalue weighted by Crippen LogP contribution is 2.24. The number of carbonyl (C=O) groups is 1. The van der Waals surface area contributed by atoms with Crippen LogP contribution in [0.3, 0.4) is 0 Å². The molecule has 0 spiro atoms. The number of carbonyl (C=O) groups excluding carboxylic acids is 1. The van der Waals surface area contributed by atoms with Crippen LogP contribution in [0, 0.1) is 20.8 Å². The van der Waals surface area contributed by atoms with Crippen molar-refractivity contribution < 1.29 is 9.90 Å². The molecule has 1 aliphatic heterocycles.